The Morgan fingerprint density at radius 3 is 2.82 bits per heavy atom. The topological polar surface area (TPSA) is 71.2 Å². The summed E-state index contributed by atoms with van der Waals surface area (Å²) >= 11 is 0. The van der Waals surface area contributed by atoms with E-state index in [2.05, 4.69) is 15.3 Å². The first-order chi connectivity index (χ1) is 8.29. The van der Waals surface area contributed by atoms with Crippen molar-refractivity contribution in [3.05, 3.63) is 29.6 Å². The van der Waals surface area contributed by atoms with Gasteiger partial charge in [-0.3, -0.25) is 15.1 Å². The van der Waals surface area contributed by atoms with Crippen LogP contribution < -0.4 is 11.3 Å². The van der Waals surface area contributed by atoms with Crippen LogP contribution in [0.2, 0.25) is 0 Å². The highest BCUT2D eigenvalue weighted by Crippen LogP contribution is 2.12. The first-order valence-corrected chi connectivity index (χ1v) is 5.99. The molecule has 92 valence electrons. The number of hydrogen-bond acceptors (Lipinski definition) is 4. The van der Waals surface area contributed by atoms with Gasteiger partial charge in [0, 0.05) is 6.54 Å². The van der Waals surface area contributed by atoms with Crippen LogP contribution in [0.4, 0.5) is 0 Å². The molecule has 1 aromatic heterocycles. The van der Waals surface area contributed by atoms with Gasteiger partial charge in [0.2, 0.25) is 0 Å². The molecule has 0 radical (unpaired) electrons. The fourth-order valence-corrected chi connectivity index (χ4v) is 2.11. The number of likely N-dealkylation sites (tertiary alicyclic amines) is 1. The van der Waals surface area contributed by atoms with Gasteiger partial charge in [-0.2, -0.15) is 0 Å². The molecule has 1 aliphatic heterocycles. The van der Waals surface area contributed by atoms with Crippen molar-refractivity contribution >= 4 is 5.91 Å². The largest absolute Gasteiger partial charge is 0.298 e. The Bertz CT molecular complexity index is 388. The molecular formula is C12H18N4O. The second kappa shape index (κ2) is 5.75. The Morgan fingerprint density at radius 2 is 2.12 bits per heavy atom. The van der Waals surface area contributed by atoms with E-state index >= 15 is 0 Å². The standard InChI is InChI=1S/C12H18N4O/c13-15-12(17)11-6-4-5-10(14-11)9-16-7-2-1-3-8-16/h4-6H,1-3,7-9,13H2,(H,15,17). The van der Waals surface area contributed by atoms with Gasteiger partial charge in [-0.25, -0.2) is 10.8 Å². The van der Waals surface area contributed by atoms with E-state index in [9.17, 15) is 4.79 Å². The Labute approximate surface area is 101 Å². The second-order valence-electron chi connectivity index (χ2n) is 4.32. The van der Waals surface area contributed by atoms with Crippen LogP contribution in [-0.2, 0) is 6.54 Å². The average Bonchev–Trinajstić information content (AvgIpc) is 2.39. The van der Waals surface area contributed by atoms with Crippen molar-refractivity contribution < 1.29 is 4.79 Å². The quantitative estimate of drug-likeness (QED) is 0.458. The minimum absolute atomic E-state index is 0.342. The highest BCUT2D eigenvalue weighted by atomic mass is 16.2. The monoisotopic (exact) mass is 234 g/mol. The number of carbonyl (C=O) groups excluding carboxylic acids is 1. The molecule has 0 unspecified atom stereocenters. The highest BCUT2D eigenvalue weighted by molar-refractivity contribution is 5.91. The molecule has 1 saturated heterocycles. The van der Waals surface area contributed by atoms with Gasteiger partial charge in [0.25, 0.3) is 5.91 Å². The average molecular weight is 234 g/mol. The number of nitrogens with two attached hydrogens (primary N) is 1. The summed E-state index contributed by atoms with van der Waals surface area (Å²) in [5.74, 6) is 4.75. The molecule has 17 heavy (non-hydrogen) atoms. The normalized spacial score (nSPS) is 16.8. The van der Waals surface area contributed by atoms with Crippen molar-refractivity contribution in [3.63, 3.8) is 0 Å². The minimum atomic E-state index is -0.342. The zero-order valence-electron chi connectivity index (χ0n) is 9.85. The zero-order valence-corrected chi connectivity index (χ0v) is 9.85. The molecule has 5 heteroatoms. The third kappa shape index (κ3) is 3.25. The lowest BCUT2D eigenvalue weighted by Crippen LogP contribution is -2.32. The van der Waals surface area contributed by atoms with Gasteiger partial charge in [-0.15, -0.1) is 0 Å². The maximum absolute atomic E-state index is 11.3. The molecule has 2 rings (SSSR count). The van der Waals surface area contributed by atoms with E-state index in [-0.39, 0.29) is 5.91 Å². The zero-order chi connectivity index (χ0) is 12.1. The number of amides is 1. The molecule has 0 saturated carbocycles. The van der Waals surface area contributed by atoms with E-state index in [0.717, 1.165) is 25.3 Å². The molecule has 5 nitrogen and oxygen atoms in total. The number of hydrogen-bond donors (Lipinski definition) is 2. The predicted molar refractivity (Wildman–Crippen MR) is 65.0 cm³/mol. The van der Waals surface area contributed by atoms with Gasteiger partial charge < -0.3 is 0 Å². The van der Waals surface area contributed by atoms with Crippen LogP contribution in [-0.4, -0.2) is 28.9 Å². The number of nitrogens with zero attached hydrogens (tertiary/aromatic N) is 2. The van der Waals surface area contributed by atoms with E-state index in [4.69, 9.17) is 5.84 Å². The molecule has 1 aromatic rings. The molecule has 0 atom stereocenters. The molecule has 1 fully saturated rings. The van der Waals surface area contributed by atoms with Gasteiger partial charge in [0.05, 0.1) is 5.69 Å². The highest BCUT2D eigenvalue weighted by Gasteiger charge is 2.12. The van der Waals surface area contributed by atoms with Gasteiger partial charge in [-0.1, -0.05) is 12.5 Å². The van der Waals surface area contributed by atoms with Gasteiger partial charge in [0.1, 0.15) is 5.69 Å². The molecule has 1 aliphatic rings. The summed E-state index contributed by atoms with van der Waals surface area (Å²) in [6.07, 6.45) is 3.82. The Balaban J connectivity index is 2.02. The first kappa shape index (κ1) is 12.0. The molecule has 0 aromatic carbocycles. The fourth-order valence-electron chi connectivity index (χ4n) is 2.11. The van der Waals surface area contributed by atoms with Crippen LogP contribution >= 0.6 is 0 Å². The number of pyridine rings is 1. The maximum Gasteiger partial charge on any atom is 0.283 e. The Morgan fingerprint density at radius 1 is 1.35 bits per heavy atom. The summed E-state index contributed by atoms with van der Waals surface area (Å²) in [6.45, 7) is 3.05. The van der Waals surface area contributed by atoms with Crippen molar-refractivity contribution in [3.8, 4) is 0 Å². The molecule has 0 spiro atoms. The predicted octanol–water partition coefficient (Wildman–Crippen LogP) is 0.671. The number of aromatic nitrogens is 1. The van der Waals surface area contributed by atoms with E-state index in [1.165, 1.54) is 19.3 Å². The van der Waals surface area contributed by atoms with Crippen LogP contribution in [0.1, 0.15) is 35.4 Å². The van der Waals surface area contributed by atoms with E-state index in [1.54, 1.807) is 6.07 Å². The lowest BCUT2D eigenvalue weighted by molar-refractivity contribution is 0.0948. The van der Waals surface area contributed by atoms with Crippen LogP contribution in [0.25, 0.3) is 0 Å². The molecule has 2 heterocycles. The fraction of sp³-hybridized carbons (Fsp3) is 0.500. The van der Waals surface area contributed by atoms with Crippen molar-refractivity contribution in [1.82, 2.24) is 15.3 Å². The molecular weight excluding hydrogens is 216 g/mol. The molecule has 3 N–H and O–H groups in total. The summed E-state index contributed by atoms with van der Waals surface area (Å²) < 4.78 is 0. The van der Waals surface area contributed by atoms with E-state index < -0.39 is 0 Å². The van der Waals surface area contributed by atoms with Crippen molar-refractivity contribution in [2.45, 2.75) is 25.8 Å². The van der Waals surface area contributed by atoms with Gasteiger partial charge in [0.15, 0.2) is 0 Å². The summed E-state index contributed by atoms with van der Waals surface area (Å²) in [6, 6.07) is 5.46. The number of piperidine rings is 1. The lowest BCUT2D eigenvalue weighted by atomic mass is 10.1. The minimum Gasteiger partial charge on any atom is -0.298 e. The van der Waals surface area contributed by atoms with Crippen molar-refractivity contribution in [1.29, 1.82) is 0 Å². The Kier molecular flexibility index (Phi) is 4.06. The maximum atomic E-state index is 11.3. The first-order valence-electron chi connectivity index (χ1n) is 5.99. The molecule has 0 aliphatic carbocycles. The van der Waals surface area contributed by atoms with Gasteiger partial charge in [-0.05, 0) is 38.1 Å². The lowest BCUT2D eigenvalue weighted by Gasteiger charge is -2.25. The molecule has 0 bridgehead atoms. The summed E-state index contributed by atoms with van der Waals surface area (Å²) in [4.78, 5) is 18.0. The van der Waals surface area contributed by atoms with Crippen LogP contribution in [0, 0.1) is 0 Å². The number of rotatable bonds is 3. The summed E-state index contributed by atoms with van der Waals surface area (Å²) in [5, 5.41) is 0. The van der Waals surface area contributed by atoms with Crippen LogP contribution in [0.5, 0.6) is 0 Å². The second-order valence-corrected chi connectivity index (χ2v) is 4.32. The number of hydrazine groups is 1. The van der Waals surface area contributed by atoms with Crippen LogP contribution in [0.15, 0.2) is 18.2 Å². The Hall–Kier alpha value is -1.46. The van der Waals surface area contributed by atoms with Crippen LogP contribution in [0.3, 0.4) is 0 Å². The SMILES string of the molecule is NNC(=O)c1cccc(CN2CCCCC2)n1. The van der Waals surface area contributed by atoms with Crippen molar-refractivity contribution in [2.75, 3.05) is 13.1 Å². The summed E-state index contributed by atoms with van der Waals surface area (Å²) in [7, 11) is 0. The van der Waals surface area contributed by atoms with Gasteiger partial charge >= 0.3 is 0 Å². The number of nitrogens with one attached hydrogen (secondary N) is 1. The smallest absolute Gasteiger partial charge is 0.283 e. The third-order valence-electron chi connectivity index (χ3n) is 3.00. The summed E-state index contributed by atoms with van der Waals surface area (Å²) in [5.41, 5.74) is 3.40. The number of carbonyl (C=O) groups is 1. The van der Waals surface area contributed by atoms with E-state index in [0.29, 0.717) is 5.69 Å². The van der Waals surface area contributed by atoms with Crippen molar-refractivity contribution in [2.24, 2.45) is 5.84 Å². The number of nitrogen functional groups attached to an aromatic ring is 1. The van der Waals surface area contributed by atoms with E-state index in [1.807, 2.05) is 12.1 Å². The third-order valence-corrected chi connectivity index (χ3v) is 3.00. The molecule has 1 amide bonds.